The van der Waals surface area contributed by atoms with Gasteiger partial charge in [-0.3, -0.25) is 9.59 Å². The minimum absolute atomic E-state index is 0.150. The zero-order valence-corrected chi connectivity index (χ0v) is 13.1. The number of aliphatic carboxylic acids is 1. The molecular formula is C15H20N4O3. The molecule has 2 aromatic rings. The molecule has 2 aromatic heterocycles. The molecule has 7 heteroatoms. The number of hydrogen-bond acceptors (Lipinski definition) is 4. The highest BCUT2D eigenvalue weighted by Crippen LogP contribution is 2.17. The Kier molecular flexibility index (Phi) is 4.44. The maximum atomic E-state index is 12.4. The van der Waals surface area contributed by atoms with Crippen LogP contribution in [-0.2, 0) is 4.79 Å². The molecule has 0 saturated carbocycles. The number of carbonyl (C=O) groups excluding carboxylic acids is 1. The normalized spacial score (nSPS) is 12.6. The quantitative estimate of drug-likeness (QED) is 0.910. The molecule has 7 nitrogen and oxygen atoms in total. The van der Waals surface area contributed by atoms with Gasteiger partial charge in [-0.05, 0) is 19.9 Å². The predicted molar refractivity (Wildman–Crippen MR) is 81.7 cm³/mol. The van der Waals surface area contributed by atoms with Gasteiger partial charge in [-0.1, -0.05) is 6.92 Å². The van der Waals surface area contributed by atoms with Crippen molar-refractivity contribution in [1.29, 1.82) is 0 Å². The van der Waals surface area contributed by atoms with Gasteiger partial charge in [0.1, 0.15) is 0 Å². The van der Waals surface area contributed by atoms with Gasteiger partial charge >= 0.3 is 5.97 Å². The summed E-state index contributed by atoms with van der Waals surface area (Å²) in [7, 11) is 1.59. The van der Waals surface area contributed by atoms with E-state index in [1.54, 1.807) is 30.9 Å². The number of aromatic nitrogens is 3. The molecular weight excluding hydrogens is 284 g/mol. The van der Waals surface area contributed by atoms with Gasteiger partial charge in [0.15, 0.2) is 5.65 Å². The van der Waals surface area contributed by atoms with Gasteiger partial charge < -0.3 is 10.0 Å². The number of carboxylic acids is 1. The molecule has 1 atom stereocenters. The first kappa shape index (κ1) is 15.9. The first-order valence-corrected chi connectivity index (χ1v) is 7.12. The number of carbonyl (C=O) groups is 2. The van der Waals surface area contributed by atoms with Crippen LogP contribution in [0.1, 0.15) is 37.2 Å². The molecule has 0 fully saturated rings. The van der Waals surface area contributed by atoms with E-state index in [-0.39, 0.29) is 18.5 Å². The van der Waals surface area contributed by atoms with Gasteiger partial charge in [0, 0.05) is 31.2 Å². The molecule has 0 aromatic carbocycles. The fraction of sp³-hybridized carbons (Fsp3) is 0.467. The highest BCUT2D eigenvalue weighted by molar-refractivity contribution is 5.96. The topological polar surface area (TPSA) is 88.3 Å². The fourth-order valence-corrected chi connectivity index (χ4v) is 2.23. The third-order valence-electron chi connectivity index (χ3n) is 3.49. The molecule has 0 aliphatic carbocycles. The van der Waals surface area contributed by atoms with Crippen molar-refractivity contribution in [3.05, 3.63) is 24.0 Å². The first-order valence-electron chi connectivity index (χ1n) is 7.12. The Hall–Kier alpha value is -2.44. The van der Waals surface area contributed by atoms with E-state index >= 15 is 0 Å². The van der Waals surface area contributed by atoms with Crippen LogP contribution >= 0.6 is 0 Å². The van der Waals surface area contributed by atoms with Crippen LogP contribution in [0.5, 0.6) is 0 Å². The summed E-state index contributed by atoms with van der Waals surface area (Å²) in [6.45, 7) is 5.74. The van der Waals surface area contributed by atoms with Gasteiger partial charge in [0.2, 0.25) is 0 Å². The molecule has 0 radical (unpaired) electrons. The summed E-state index contributed by atoms with van der Waals surface area (Å²) in [6, 6.07) is 1.92. The molecule has 0 bridgehead atoms. The van der Waals surface area contributed by atoms with Gasteiger partial charge in [0.25, 0.3) is 5.91 Å². The lowest BCUT2D eigenvalue weighted by Gasteiger charge is -2.19. The minimum Gasteiger partial charge on any atom is -0.481 e. The van der Waals surface area contributed by atoms with Crippen LogP contribution in [0.25, 0.3) is 11.0 Å². The molecule has 0 saturated heterocycles. The van der Waals surface area contributed by atoms with E-state index in [2.05, 4.69) is 10.1 Å². The summed E-state index contributed by atoms with van der Waals surface area (Å²) < 4.78 is 1.79. The van der Waals surface area contributed by atoms with Crippen LogP contribution in [0.4, 0.5) is 0 Å². The van der Waals surface area contributed by atoms with Crippen LogP contribution in [0.15, 0.2) is 18.5 Å². The Morgan fingerprint density at radius 2 is 2.00 bits per heavy atom. The molecule has 22 heavy (non-hydrogen) atoms. The molecule has 1 unspecified atom stereocenters. The van der Waals surface area contributed by atoms with Crippen LogP contribution in [0.3, 0.4) is 0 Å². The van der Waals surface area contributed by atoms with Crippen molar-refractivity contribution in [3.8, 4) is 0 Å². The van der Waals surface area contributed by atoms with Crippen molar-refractivity contribution in [3.63, 3.8) is 0 Å². The molecule has 2 heterocycles. The fourth-order valence-electron chi connectivity index (χ4n) is 2.23. The van der Waals surface area contributed by atoms with Crippen molar-refractivity contribution in [1.82, 2.24) is 19.7 Å². The largest absolute Gasteiger partial charge is 0.481 e. The summed E-state index contributed by atoms with van der Waals surface area (Å²) in [5.74, 6) is -1.79. The standard InChI is InChI=1S/C15H20N4O3/c1-9(2)19-13-11(7-17-19)5-12(6-16-13)14(20)18(4)8-10(3)15(21)22/h5-7,9-10H,8H2,1-4H3,(H,21,22). The third-order valence-corrected chi connectivity index (χ3v) is 3.49. The second kappa shape index (κ2) is 6.13. The molecule has 1 N–H and O–H groups in total. The number of rotatable bonds is 5. The maximum Gasteiger partial charge on any atom is 0.308 e. The predicted octanol–water partition coefficient (Wildman–Crippen LogP) is 1.80. The molecule has 118 valence electrons. The average molecular weight is 304 g/mol. The second-order valence-electron chi connectivity index (χ2n) is 5.74. The maximum absolute atomic E-state index is 12.4. The smallest absolute Gasteiger partial charge is 0.308 e. The van der Waals surface area contributed by atoms with Crippen molar-refractivity contribution in [2.24, 2.45) is 5.92 Å². The van der Waals surface area contributed by atoms with Crippen LogP contribution in [-0.4, -0.2) is 50.2 Å². The Bertz CT molecular complexity index is 708. The lowest BCUT2D eigenvalue weighted by atomic mass is 10.1. The van der Waals surface area contributed by atoms with Gasteiger partial charge in [0.05, 0.1) is 17.7 Å². The van der Waals surface area contributed by atoms with Crippen molar-refractivity contribution in [2.75, 3.05) is 13.6 Å². The van der Waals surface area contributed by atoms with E-state index < -0.39 is 11.9 Å². The summed E-state index contributed by atoms with van der Waals surface area (Å²) in [6.07, 6.45) is 3.19. The number of pyridine rings is 1. The van der Waals surface area contributed by atoms with Crippen molar-refractivity contribution in [2.45, 2.75) is 26.8 Å². The zero-order valence-electron chi connectivity index (χ0n) is 13.1. The molecule has 0 aliphatic heterocycles. The Labute approximate surface area is 128 Å². The van der Waals surface area contributed by atoms with E-state index in [1.165, 1.54) is 11.1 Å². The molecule has 0 spiro atoms. The van der Waals surface area contributed by atoms with Gasteiger partial charge in [-0.25, -0.2) is 9.67 Å². The van der Waals surface area contributed by atoms with Gasteiger partial charge in [-0.2, -0.15) is 5.10 Å². The average Bonchev–Trinajstić information content (AvgIpc) is 2.89. The lowest BCUT2D eigenvalue weighted by Crippen LogP contribution is -2.33. The first-order chi connectivity index (χ1) is 10.3. The summed E-state index contributed by atoms with van der Waals surface area (Å²) >= 11 is 0. The highest BCUT2D eigenvalue weighted by Gasteiger charge is 2.19. The van der Waals surface area contributed by atoms with E-state index in [1.807, 2.05) is 13.8 Å². The second-order valence-corrected chi connectivity index (χ2v) is 5.74. The van der Waals surface area contributed by atoms with Crippen LogP contribution in [0.2, 0.25) is 0 Å². The van der Waals surface area contributed by atoms with E-state index in [4.69, 9.17) is 5.11 Å². The van der Waals surface area contributed by atoms with Crippen molar-refractivity contribution < 1.29 is 14.7 Å². The monoisotopic (exact) mass is 304 g/mol. The van der Waals surface area contributed by atoms with Gasteiger partial charge in [-0.15, -0.1) is 0 Å². The number of amides is 1. The summed E-state index contributed by atoms with van der Waals surface area (Å²) in [4.78, 5) is 28.9. The van der Waals surface area contributed by atoms with E-state index in [0.29, 0.717) is 5.56 Å². The molecule has 2 rings (SSSR count). The Morgan fingerprint density at radius 3 is 2.59 bits per heavy atom. The van der Waals surface area contributed by atoms with E-state index in [0.717, 1.165) is 11.0 Å². The number of hydrogen-bond donors (Lipinski definition) is 1. The SMILES string of the molecule is CC(CN(C)C(=O)c1cnc2c(cnn2C(C)C)c1)C(=O)O. The summed E-state index contributed by atoms with van der Waals surface area (Å²) in [5, 5.41) is 14.0. The number of fused-ring (bicyclic) bond motifs is 1. The third kappa shape index (κ3) is 3.08. The minimum atomic E-state index is -0.925. The van der Waals surface area contributed by atoms with Crippen LogP contribution < -0.4 is 0 Å². The lowest BCUT2D eigenvalue weighted by molar-refractivity contribution is -0.141. The molecule has 0 aliphatic rings. The summed E-state index contributed by atoms with van der Waals surface area (Å²) in [5.41, 5.74) is 1.16. The van der Waals surface area contributed by atoms with Crippen LogP contribution in [0, 0.1) is 5.92 Å². The zero-order chi connectivity index (χ0) is 16.4. The number of carboxylic acid groups (broad SMARTS) is 1. The highest BCUT2D eigenvalue weighted by atomic mass is 16.4. The molecule has 1 amide bonds. The Balaban J connectivity index is 2.23. The number of nitrogens with zero attached hydrogens (tertiary/aromatic N) is 4. The Morgan fingerprint density at radius 1 is 1.32 bits per heavy atom. The van der Waals surface area contributed by atoms with Crippen molar-refractivity contribution >= 4 is 22.9 Å². The van der Waals surface area contributed by atoms with E-state index in [9.17, 15) is 9.59 Å².